The lowest BCUT2D eigenvalue weighted by Gasteiger charge is -2.36. The summed E-state index contributed by atoms with van der Waals surface area (Å²) in [4.78, 5) is 51.5. The maximum absolute atomic E-state index is 14.6. The second-order valence-electron chi connectivity index (χ2n) is 10.6. The summed E-state index contributed by atoms with van der Waals surface area (Å²) >= 11 is 6.53. The molecule has 0 radical (unpaired) electrons. The summed E-state index contributed by atoms with van der Waals surface area (Å²) in [6, 6.07) is 10.4. The van der Waals surface area contributed by atoms with Crippen molar-refractivity contribution in [2.45, 2.75) is 62.3 Å². The van der Waals surface area contributed by atoms with Gasteiger partial charge in [0.25, 0.3) is 11.8 Å². The Hall–Kier alpha value is -4.54. The number of nitrogens with one attached hydrogen (secondary N) is 1. The largest absolute Gasteiger partial charge is 0.383 e. The van der Waals surface area contributed by atoms with E-state index in [0.29, 0.717) is 0 Å². The molecule has 2 aliphatic rings. The van der Waals surface area contributed by atoms with E-state index in [0.717, 1.165) is 21.9 Å². The van der Waals surface area contributed by atoms with E-state index in [4.69, 9.17) is 11.6 Å². The van der Waals surface area contributed by atoms with Crippen molar-refractivity contribution in [3.05, 3.63) is 82.9 Å². The van der Waals surface area contributed by atoms with Crippen LogP contribution in [0.3, 0.4) is 0 Å². The Bertz CT molecular complexity index is 1630. The van der Waals surface area contributed by atoms with Crippen LogP contribution in [0.2, 0.25) is 5.02 Å². The molecule has 2 aromatic carbocycles. The van der Waals surface area contributed by atoms with Gasteiger partial charge in [0.2, 0.25) is 17.8 Å². The maximum atomic E-state index is 14.6. The third kappa shape index (κ3) is 6.36. The summed E-state index contributed by atoms with van der Waals surface area (Å²) in [5.74, 6) is -6.52. The first kappa shape index (κ1) is 30.9. The molecule has 2 heterocycles. The van der Waals surface area contributed by atoms with Crippen LogP contribution in [0.25, 0.3) is 0 Å². The first-order valence-electron chi connectivity index (χ1n) is 13.7. The molecule has 1 aliphatic carbocycles. The number of rotatable bonds is 7. The first-order chi connectivity index (χ1) is 21.0. The fourth-order valence-corrected chi connectivity index (χ4v) is 5.70. The van der Waals surface area contributed by atoms with Crippen LogP contribution < -0.4 is 15.1 Å². The van der Waals surface area contributed by atoms with Crippen LogP contribution in [0.1, 0.15) is 49.4 Å². The third-order valence-corrected chi connectivity index (χ3v) is 7.98. The van der Waals surface area contributed by atoms with Crippen molar-refractivity contribution in [3.8, 4) is 6.07 Å². The van der Waals surface area contributed by atoms with Gasteiger partial charge in [-0.1, -0.05) is 35.9 Å². The van der Waals surface area contributed by atoms with E-state index in [1.165, 1.54) is 36.5 Å². The minimum Gasteiger partial charge on any atom is -0.383 e. The molecule has 5 rings (SSSR count). The molecule has 3 amide bonds. The maximum Gasteiger partial charge on any atom is 0.259 e. The molecule has 3 aromatic rings. The number of aromatic nitrogens is 2. The number of aliphatic hydroxyl groups excluding tert-OH is 1. The number of carbonyl (C=O) groups excluding carboxylic acids is 3. The predicted molar refractivity (Wildman–Crippen MR) is 152 cm³/mol. The van der Waals surface area contributed by atoms with Crippen LogP contribution in [0.4, 0.5) is 24.8 Å². The van der Waals surface area contributed by atoms with E-state index in [2.05, 4.69) is 15.3 Å². The minimum absolute atomic E-state index is 0.00837. The number of nitrogens with zero attached hydrogens (tertiary/aromatic N) is 5. The fourth-order valence-electron chi connectivity index (χ4n) is 5.46. The zero-order chi connectivity index (χ0) is 31.6. The molecule has 44 heavy (non-hydrogen) atoms. The smallest absolute Gasteiger partial charge is 0.259 e. The van der Waals surface area contributed by atoms with Gasteiger partial charge in [0, 0.05) is 47.8 Å². The normalized spacial score (nSPS) is 20.5. The average molecular weight is 627 g/mol. The molecular weight excluding hydrogens is 601 g/mol. The van der Waals surface area contributed by atoms with Crippen molar-refractivity contribution in [1.82, 2.24) is 15.3 Å². The highest BCUT2D eigenvalue weighted by Gasteiger charge is 2.49. The second kappa shape index (κ2) is 12.6. The Morgan fingerprint density at radius 3 is 2.57 bits per heavy atom. The molecule has 0 spiro atoms. The summed E-state index contributed by atoms with van der Waals surface area (Å²) in [6.07, 6.45) is -1.75. The zero-order valence-electron chi connectivity index (χ0n) is 23.0. The molecule has 1 saturated carbocycles. The summed E-state index contributed by atoms with van der Waals surface area (Å²) in [5, 5.41) is 22.7. The summed E-state index contributed by atoms with van der Waals surface area (Å²) in [7, 11) is 0. The first-order valence-corrected chi connectivity index (χ1v) is 14.1. The van der Waals surface area contributed by atoms with Crippen molar-refractivity contribution in [2.24, 2.45) is 0 Å². The Balaban J connectivity index is 1.61. The van der Waals surface area contributed by atoms with Gasteiger partial charge >= 0.3 is 0 Å². The summed E-state index contributed by atoms with van der Waals surface area (Å²) < 4.78 is 42.3. The van der Waals surface area contributed by atoms with E-state index in [1.807, 2.05) is 6.07 Å². The van der Waals surface area contributed by atoms with Gasteiger partial charge in [-0.2, -0.15) is 5.26 Å². The molecule has 2 fully saturated rings. The van der Waals surface area contributed by atoms with Gasteiger partial charge in [0.05, 0.1) is 0 Å². The number of anilines is 2. The van der Waals surface area contributed by atoms with Crippen LogP contribution in [0.15, 0.2) is 60.8 Å². The van der Waals surface area contributed by atoms with Crippen molar-refractivity contribution < 1.29 is 32.7 Å². The zero-order valence-corrected chi connectivity index (χ0v) is 23.8. The molecule has 1 aromatic heterocycles. The predicted octanol–water partition coefficient (Wildman–Crippen LogP) is 4.08. The van der Waals surface area contributed by atoms with Gasteiger partial charge in [-0.25, -0.2) is 23.1 Å². The SMILES string of the molecule is N#Cc1ccnc(N2C(=O)C(O)CC2C(=O)N(c2cccc(F)c2)C(C(=O)NC2CCC(F)(F)CC2)c2ccccc2Cl)n1. The molecule has 0 bridgehead atoms. The molecule has 3 atom stereocenters. The minimum atomic E-state index is -2.85. The van der Waals surface area contributed by atoms with E-state index >= 15 is 0 Å². The van der Waals surface area contributed by atoms with Crippen LogP contribution in [-0.2, 0) is 14.4 Å². The molecule has 3 unspecified atom stereocenters. The van der Waals surface area contributed by atoms with E-state index in [9.17, 15) is 37.9 Å². The summed E-state index contributed by atoms with van der Waals surface area (Å²) in [5.41, 5.74) is -0.0425. The molecule has 14 heteroatoms. The number of halogens is 4. The van der Waals surface area contributed by atoms with Crippen molar-refractivity contribution >= 4 is 41.0 Å². The molecule has 1 aliphatic heterocycles. The Morgan fingerprint density at radius 2 is 1.89 bits per heavy atom. The number of hydrogen-bond acceptors (Lipinski definition) is 7. The van der Waals surface area contributed by atoms with E-state index in [-0.39, 0.29) is 40.8 Å². The van der Waals surface area contributed by atoms with Gasteiger partial charge in [-0.05, 0) is 43.2 Å². The lowest BCUT2D eigenvalue weighted by Crippen LogP contribution is -2.53. The number of nitriles is 1. The molecule has 2 N–H and O–H groups in total. The Kier molecular flexibility index (Phi) is 8.85. The van der Waals surface area contributed by atoms with Crippen LogP contribution in [0.5, 0.6) is 0 Å². The highest BCUT2D eigenvalue weighted by molar-refractivity contribution is 6.31. The van der Waals surface area contributed by atoms with Crippen molar-refractivity contribution in [1.29, 1.82) is 5.26 Å². The highest BCUT2D eigenvalue weighted by atomic mass is 35.5. The lowest BCUT2D eigenvalue weighted by atomic mass is 9.91. The van der Waals surface area contributed by atoms with Crippen molar-refractivity contribution in [2.75, 3.05) is 9.80 Å². The van der Waals surface area contributed by atoms with Crippen molar-refractivity contribution in [3.63, 3.8) is 0 Å². The molecular formula is C30H26ClF3N6O4. The number of hydrogen-bond donors (Lipinski definition) is 2. The van der Waals surface area contributed by atoms with Gasteiger partial charge in [0.15, 0.2) is 0 Å². The quantitative estimate of drug-likeness (QED) is 0.403. The van der Waals surface area contributed by atoms with Gasteiger partial charge in [0.1, 0.15) is 35.8 Å². The number of amides is 3. The number of alkyl halides is 2. The number of benzene rings is 2. The highest BCUT2D eigenvalue weighted by Crippen LogP contribution is 2.37. The molecule has 1 saturated heterocycles. The van der Waals surface area contributed by atoms with Crippen LogP contribution in [0, 0.1) is 17.1 Å². The Morgan fingerprint density at radius 1 is 1.16 bits per heavy atom. The average Bonchev–Trinajstić information content (AvgIpc) is 3.30. The summed E-state index contributed by atoms with van der Waals surface area (Å²) in [6.45, 7) is 0. The van der Waals surface area contributed by atoms with E-state index in [1.54, 1.807) is 12.1 Å². The lowest BCUT2D eigenvalue weighted by molar-refractivity contribution is -0.128. The van der Waals surface area contributed by atoms with Gasteiger partial charge < -0.3 is 10.4 Å². The standard InChI is InChI=1S/C30H26ClF3N6O4/c31-22-7-2-1-6-21(22)25(26(42)37-18-8-11-30(33,34)12-9-18)39(20-5-3-4-17(32)14-20)27(43)23-15-24(41)28(44)40(23)29-36-13-10-19(16-35)38-29/h1-7,10,13-14,18,23-25,41H,8-9,11-12,15H2,(H,37,42). The number of carbonyl (C=O) groups is 3. The monoisotopic (exact) mass is 626 g/mol. The van der Waals surface area contributed by atoms with E-state index < -0.39 is 73.0 Å². The third-order valence-electron chi connectivity index (χ3n) is 7.63. The topological polar surface area (TPSA) is 140 Å². The number of aliphatic hydroxyl groups is 1. The fraction of sp³-hybridized carbons (Fsp3) is 0.333. The van der Waals surface area contributed by atoms with Crippen LogP contribution in [-0.4, -0.2) is 56.9 Å². The Labute approximate surface area is 255 Å². The molecule has 10 nitrogen and oxygen atoms in total. The second-order valence-corrected chi connectivity index (χ2v) is 11.0. The molecule has 228 valence electrons. The van der Waals surface area contributed by atoms with Gasteiger partial charge in [-0.15, -0.1) is 0 Å². The van der Waals surface area contributed by atoms with Crippen LogP contribution >= 0.6 is 11.6 Å². The van der Waals surface area contributed by atoms with Gasteiger partial charge in [-0.3, -0.25) is 24.2 Å².